The van der Waals surface area contributed by atoms with Gasteiger partial charge in [0.25, 0.3) is 0 Å². The van der Waals surface area contributed by atoms with Crippen molar-refractivity contribution in [1.82, 2.24) is 5.32 Å². The third kappa shape index (κ3) is 4.34. The van der Waals surface area contributed by atoms with Crippen LogP contribution < -0.4 is 11.1 Å². The molecule has 3 atom stereocenters. The summed E-state index contributed by atoms with van der Waals surface area (Å²) in [7, 11) is 1.31. The molecule has 0 aromatic carbocycles. The Hall–Kier alpha value is -1.10. The van der Waals surface area contributed by atoms with E-state index < -0.39 is 12.0 Å². The lowest BCUT2D eigenvalue weighted by molar-refractivity contribution is -0.144. The molecule has 17 heavy (non-hydrogen) atoms. The van der Waals surface area contributed by atoms with Gasteiger partial charge in [-0.05, 0) is 25.7 Å². The van der Waals surface area contributed by atoms with Gasteiger partial charge in [-0.2, -0.15) is 0 Å². The minimum Gasteiger partial charge on any atom is -0.467 e. The Morgan fingerprint density at radius 3 is 2.65 bits per heavy atom. The van der Waals surface area contributed by atoms with Crippen LogP contribution in [-0.4, -0.2) is 31.1 Å². The smallest absolute Gasteiger partial charge is 0.328 e. The quantitative estimate of drug-likeness (QED) is 0.706. The Labute approximate surface area is 102 Å². The van der Waals surface area contributed by atoms with Crippen LogP contribution in [0.3, 0.4) is 0 Å². The molecule has 0 spiro atoms. The molecule has 3 N–H and O–H groups in total. The molecule has 1 rings (SSSR count). The standard InChI is InChI=1S/C12H22N2O3/c1-8(12(16)17-2)14-11(15)7-9-5-3-4-6-10(9)13/h8-10H,3-7,13H2,1-2H3,(H,14,15). The van der Waals surface area contributed by atoms with Crippen molar-refractivity contribution in [3.63, 3.8) is 0 Å². The summed E-state index contributed by atoms with van der Waals surface area (Å²) < 4.78 is 4.55. The largest absolute Gasteiger partial charge is 0.467 e. The molecule has 0 aliphatic heterocycles. The average molecular weight is 242 g/mol. The molecule has 0 radical (unpaired) electrons. The number of rotatable bonds is 4. The minimum atomic E-state index is -0.590. The van der Waals surface area contributed by atoms with Crippen LogP contribution in [0.4, 0.5) is 0 Å². The second kappa shape index (κ2) is 6.59. The second-order valence-electron chi connectivity index (χ2n) is 4.72. The number of amides is 1. The number of carbonyl (C=O) groups excluding carboxylic acids is 2. The Balaban J connectivity index is 2.35. The maximum Gasteiger partial charge on any atom is 0.328 e. The van der Waals surface area contributed by atoms with Crippen LogP contribution in [0.2, 0.25) is 0 Å². The fourth-order valence-electron chi connectivity index (χ4n) is 2.26. The monoisotopic (exact) mass is 242 g/mol. The van der Waals surface area contributed by atoms with Gasteiger partial charge in [0.1, 0.15) is 6.04 Å². The highest BCUT2D eigenvalue weighted by atomic mass is 16.5. The molecule has 0 aromatic heterocycles. The van der Waals surface area contributed by atoms with Gasteiger partial charge in [0.15, 0.2) is 0 Å². The van der Waals surface area contributed by atoms with Crippen LogP contribution in [0.1, 0.15) is 39.0 Å². The van der Waals surface area contributed by atoms with Crippen LogP contribution in [0, 0.1) is 5.92 Å². The molecule has 1 amide bonds. The van der Waals surface area contributed by atoms with E-state index in [1.165, 1.54) is 7.11 Å². The number of nitrogens with two attached hydrogens (primary N) is 1. The van der Waals surface area contributed by atoms with Gasteiger partial charge in [-0.1, -0.05) is 12.8 Å². The van der Waals surface area contributed by atoms with Crippen LogP contribution >= 0.6 is 0 Å². The summed E-state index contributed by atoms with van der Waals surface area (Å²) in [6.07, 6.45) is 4.68. The Kier molecular flexibility index (Phi) is 5.41. The van der Waals surface area contributed by atoms with Crippen molar-refractivity contribution in [3.8, 4) is 0 Å². The van der Waals surface area contributed by atoms with Crippen LogP contribution in [0.5, 0.6) is 0 Å². The summed E-state index contributed by atoms with van der Waals surface area (Å²) in [6.45, 7) is 1.62. The lowest BCUT2D eigenvalue weighted by Gasteiger charge is -2.28. The van der Waals surface area contributed by atoms with E-state index in [-0.39, 0.29) is 17.9 Å². The summed E-state index contributed by atoms with van der Waals surface area (Å²) in [6, 6.07) is -0.477. The first kappa shape index (κ1) is 14.0. The summed E-state index contributed by atoms with van der Waals surface area (Å²) in [5.41, 5.74) is 5.97. The molecular formula is C12H22N2O3. The minimum absolute atomic E-state index is 0.114. The fourth-order valence-corrected chi connectivity index (χ4v) is 2.26. The summed E-state index contributed by atoms with van der Waals surface area (Å²) in [5.74, 6) is -0.301. The summed E-state index contributed by atoms with van der Waals surface area (Å²) in [4.78, 5) is 22.9. The number of ether oxygens (including phenoxy) is 1. The van der Waals surface area contributed by atoms with Crippen LogP contribution in [0.15, 0.2) is 0 Å². The molecule has 1 aliphatic rings. The van der Waals surface area contributed by atoms with Crippen molar-refractivity contribution in [3.05, 3.63) is 0 Å². The predicted octanol–water partition coefficient (Wildman–Crippen LogP) is 0.572. The number of methoxy groups -OCH3 is 1. The Bertz CT molecular complexity index is 281. The second-order valence-corrected chi connectivity index (χ2v) is 4.72. The van der Waals surface area contributed by atoms with Gasteiger partial charge in [0.2, 0.25) is 5.91 Å². The van der Waals surface area contributed by atoms with Gasteiger partial charge in [0.05, 0.1) is 7.11 Å². The molecule has 1 fully saturated rings. The first-order valence-corrected chi connectivity index (χ1v) is 6.17. The maximum atomic E-state index is 11.7. The summed E-state index contributed by atoms with van der Waals surface area (Å²) >= 11 is 0. The van der Waals surface area contributed by atoms with Crippen molar-refractivity contribution in [2.75, 3.05) is 7.11 Å². The SMILES string of the molecule is COC(=O)C(C)NC(=O)CC1CCCCC1N. The van der Waals surface area contributed by atoms with Gasteiger partial charge < -0.3 is 15.8 Å². The molecule has 5 heteroatoms. The average Bonchev–Trinajstić information content (AvgIpc) is 2.31. The van der Waals surface area contributed by atoms with E-state index in [9.17, 15) is 9.59 Å². The van der Waals surface area contributed by atoms with Gasteiger partial charge in [-0.3, -0.25) is 4.79 Å². The van der Waals surface area contributed by atoms with Crippen LogP contribution in [0.25, 0.3) is 0 Å². The van der Waals surface area contributed by atoms with Crippen molar-refractivity contribution in [2.45, 2.75) is 51.1 Å². The van der Waals surface area contributed by atoms with E-state index in [0.717, 1.165) is 25.7 Å². The van der Waals surface area contributed by atoms with Gasteiger partial charge in [-0.15, -0.1) is 0 Å². The normalized spacial score (nSPS) is 26.1. The predicted molar refractivity (Wildman–Crippen MR) is 64.2 cm³/mol. The van der Waals surface area contributed by atoms with E-state index in [1.54, 1.807) is 6.92 Å². The highest BCUT2D eigenvalue weighted by Crippen LogP contribution is 2.25. The molecule has 3 unspecified atom stereocenters. The Morgan fingerprint density at radius 1 is 1.41 bits per heavy atom. The van der Waals surface area contributed by atoms with Gasteiger partial charge >= 0.3 is 5.97 Å². The van der Waals surface area contributed by atoms with Crippen molar-refractivity contribution >= 4 is 11.9 Å². The van der Waals surface area contributed by atoms with E-state index in [1.807, 2.05) is 0 Å². The number of carbonyl (C=O) groups is 2. The van der Waals surface area contributed by atoms with E-state index in [2.05, 4.69) is 10.1 Å². The van der Waals surface area contributed by atoms with E-state index >= 15 is 0 Å². The van der Waals surface area contributed by atoms with E-state index in [4.69, 9.17) is 5.73 Å². The third-order valence-electron chi connectivity index (χ3n) is 3.35. The molecule has 0 saturated heterocycles. The summed E-state index contributed by atoms with van der Waals surface area (Å²) in [5, 5.41) is 2.63. The number of esters is 1. The molecule has 1 saturated carbocycles. The molecule has 1 aliphatic carbocycles. The molecule has 98 valence electrons. The molecule has 0 bridgehead atoms. The first-order valence-electron chi connectivity index (χ1n) is 6.17. The first-order chi connectivity index (χ1) is 8.04. The van der Waals surface area contributed by atoms with Crippen molar-refractivity contribution < 1.29 is 14.3 Å². The fraction of sp³-hybridized carbons (Fsp3) is 0.833. The Morgan fingerprint density at radius 2 is 2.06 bits per heavy atom. The van der Waals surface area contributed by atoms with Crippen molar-refractivity contribution in [2.24, 2.45) is 11.7 Å². The molecule has 0 aromatic rings. The van der Waals surface area contributed by atoms with Crippen LogP contribution in [-0.2, 0) is 14.3 Å². The van der Waals surface area contributed by atoms with Gasteiger partial charge in [-0.25, -0.2) is 4.79 Å². The topological polar surface area (TPSA) is 81.4 Å². The lowest BCUT2D eigenvalue weighted by atomic mass is 9.83. The zero-order valence-corrected chi connectivity index (χ0v) is 10.6. The zero-order valence-electron chi connectivity index (χ0n) is 10.6. The maximum absolute atomic E-state index is 11.7. The highest BCUT2D eigenvalue weighted by molar-refractivity contribution is 5.84. The molecule has 0 heterocycles. The molecular weight excluding hydrogens is 220 g/mol. The van der Waals surface area contributed by atoms with Crippen molar-refractivity contribution in [1.29, 1.82) is 0 Å². The number of hydrogen-bond donors (Lipinski definition) is 2. The number of nitrogens with one attached hydrogen (secondary N) is 1. The third-order valence-corrected chi connectivity index (χ3v) is 3.35. The lowest BCUT2D eigenvalue weighted by Crippen LogP contribution is -2.42. The van der Waals surface area contributed by atoms with Gasteiger partial charge in [0, 0.05) is 12.5 Å². The van der Waals surface area contributed by atoms with E-state index in [0.29, 0.717) is 6.42 Å². The zero-order chi connectivity index (χ0) is 12.8. The molecule has 5 nitrogen and oxygen atoms in total. The number of hydrogen-bond acceptors (Lipinski definition) is 4. The highest BCUT2D eigenvalue weighted by Gasteiger charge is 2.25.